The fourth-order valence-electron chi connectivity index (χ4n) is 2.00. The average Bonchev–Trinajstić information content (AvgIpc) is 2.02. The van der Waals surface area contributed by atoms with Crippen molar-refractivity contribution in [3.05, 3.63) is 0 Å². The molecule has 1 aliphatic heterocycles. The van der Waals surface area contributed by atoms with Gasteiger partial charge in [-0.2, -0.15) is 0 Å². The summed E-state index contributed by atoms with van der Waals surface area (Å²) in [6.45, 7) is 5.82. The Bertz CT molecular complexity index is 253. The molecule has 1 atom stereocenters. The van der Waals surface area contributed by atoms with Crippen molar-refractivity contribution < 1.29 is 8.42 Å². The molecular weight excluding hydrogens is 198 g/mol. The molecule has 0 spiro atoms. The van der Waals surface area contributed by atoms with Gasteiger partial charge in [0.1, 0.15) is 0 Å². The number of rotatable bonds is 4. The van der Waals surface area contributed by atoms with Gasteiger partial charge in [0.2, 0.25) is 0 Å². The van der Waals surface area contributed by atoms with E-state index in [0.717, 1.165) is 25.9 Å². The first-order chi connectivity index (χ1) is 6.49. The smallest absolute Gasteiger partial charge is 0.150 e. The molecule has 14 heavy (non-hydrogen) atoms. The van der Waals surface area contributed by atoms with E-state index in [1.807, 2.05) is 13.8 Å². The van der Waals surface area contributed by atoms with Crippen LogP contribution in [-0.2, 0) is 9.84 Å². The minimum absolute atomic E-state index is 0.247. The van der Waals surface area contributed by atoms with Gasteiger partial charge in [-0.15, -0.1) is 0 Å². The summed E-state index contributed by atoms with van der Waals surface area (Å²) in [6, 6.07) is 0. The van der Waals surface area contributed by atoms with Gasteiger partial charge < -0.3 is 5.32 Å². The molecule has 0 bridgehead atoms. The molecule has 0 aromatic carbocycles. The second-order valence-corrected chi connectivity index (χ2v) is 6.84. The summed E-state index contributed by atoms with van der Waals surface area (Å²) >= 11 is 0. The Morgan fingerprint density at radius 2 is 2.14 bits per heavy atom. The second kappa shape index (κ2) is 5.12. The zero-order chi connectivity index (χ0) is 10.6. The van der Waals surface area contributed by atoms with E-state index in [0.29, 0.717) is 17.4 Å². The summed E-state index contributed by atoms with van der Waals surface area (Å²) in [5, 5.41) is 3.25. The first-order valence-corrected chi connectivity index (χ1v) is 7.23. The summed E-state index contributed by atoms with van der Waals surface area (Å²) in [7, 11) is -2.82. The zero-order valence-corrected chi connectivity index (χ0v) is 9.94. The molecule has 0 aromatic heterocycles. The summed E-state index contributed by atoms with van der Waals surface area (Å²) in [5.41, 5.74) is 0. The Hall–Kier alpha value is -0.0900. The molecule has 1 N–H and O–H groups in total. The van der Waals surface area contributed by atoms with Crippen LogP contribution in [0.5, 0.6) is 0 Å². The third-order valence-electron chi connectivity index (χ3n) is 2.48. The SMILES string of the molecule is CC(C)CS(=O)(=O)CC1CCCNC1. The predicted molar refractivity (Wildman–Crippen MR) is 59.1 cm³/mol. The van der Waals surface area contributed by atoms with Crippen LogP contribution >= 0.6 is 0 Å². The van der Waals surface area contributed by atoms with E-state index in [-0.39, 0.29) is 5.92 Å². The average molecular weight is 219 g/mol. The van der Waals surface area contributed by atoms with Crippen molar-refractivity contribution in [3.8, 4) is 0 Å². The van der Waals surface area contributed by atoms with Gasteiger partial charge in [0.15, 0.2) is 9.84 Å². The van der Waals surface area contributed by atoms with E-state index in [1.165, 1.54) is 0 Å². The van der Waals surface area contributed by atoms with Crippen molar-refractivity contribution >= 4 is 9.84 Å². The molecule has 1 unspecified atom stereocenters. The van der Waals surface area contributed by atoms with Crippen LogP contribution in [0.15, 0.2) is 0 Å². The minimum Gasteiger partial charge on any atom is -0.316 e. The molecule has 1 heterocycles. The third kappa shape index (κ3) is 4.42. The van der Waals surface area contributed by atoms with Crippen molar-refractivity contribution in [1.29, 1.82) is 0 Å². The molecule has 0 radical (unpaired) electrons. The lowest BCUT2D eigenvalue weighted by atomic mass is 10.0. The largest absolute Gasteiger partial charge is 0.316 e. The van der Waals surface area contributed by atoms with Crippen LogP contribution in [-0.4, -0.2) is 33.0 Å². The van der Waals surface area contributed by atoms with Crippen molar-refractivity contribution in [2.75, 3.05) is 24.6 Å². The standard InChI is InChI=1S/C10H21NO2S/c1-9(2)7-14(12,13)8-10-4-3-5-11-6-10/h9-11H,3-8H2,1-2H3. The van der Waals surface area contributed by atoms with E-state index in [2.05, 4.69) is 5.32 Å². The maximum absolute atomic E-state index is 11.7. The highest BCUT2D eigenvalue weighted by atomic mass is 32.2. The van der Waals surface area contributed by atoms with Crippen molar-refractivity contribution in [3.63, 3.8) is 0 Å². The van der Waals surface area contributed by atoms with E-state index < -0.39 is 9.84 Å². The Morgan fingerprint density at radius 3 is 2.64 bits per heavy atom. The molecule has 0 aromatic rings. The molecule has 0 amide bonds. The summed E-state index contributed by atoms with van der Waals surface area (Å²) < 4.78 is 23.4. The Morgan fingerprint density at radius 1 is 1.43 bits per heavy atom. The van der Waals surface area contributed by atoms with E-state index in [4.69, 9.17) is 0 Å². The number of nitrogens with one attached hydrogen (secondary N) is 1. The normalized spacial score (nSPS) is 24.1. The summed E-state index contributed by atoms with van der Waals surface area (Å²) in [5.74, 6) is 1.30. The van der Waals surface area contributed by atoms with Gasteiger partial charge in [-0.25, -0.2) is 8.42 Å². The van der Waals surface area contributed by atoms with Gasteiger partial charge in [0, 0.05) is 0 Å². The number of hydrogen-bond acceptors (Lipinski definition) is 3. The van der Waals surface area contributed by atoms with E-state index in [1.54, 1.807) is 0 Å². The van der Waals surface area contributed by atoms with Crippen LogP contribution in [0.2, 0.25) is 0 Å². The molecule has 84 valence electrons. The minimum atomic E-state index is -2.82. The number of piperidine rings is 1. The molecule has 0 aliphatic carbocycles. The highest BCUT2D eigenvalue weighted by Crippen LogP contribution is 2.14. The number of sulfone groups is 1. The molecule has 4 heteroatoms. The summed E-state index contributed by atoms with van der Waals surface area (Å²) in [6.07, 6.45) is 2.17. The lowest BCUT2D eigenvalue weighted by Crippen LogP contribution is -2.34. The lowest BCUT2D eigenvalue weighted by Gasteiger charge is -2.22. The topological polar surface area (TPSA) is 46.2 Å². The number of hydrogen-bond donors (Lipinski definition) is 1. The quantitative estimate of drug-likeness (QED) is 0.769. The van der Waals surface area contributed by atoms with Crippen LogP contribution in [0, 0.1) is 11.8 Å². The lowest BCUT2D eigenvalue weighted by molar-refractivity contribution is 0.403. The molecule has 1 saturated heterocycles. The maximum Gasteiger partial charge on any atom is 0.150 e. The first kappa shape index (κ1) is 12.0. The van der Waals surface area contributed by atoms with E-state index >= 15 is 0 Å². The van der Waals surface area contributed by atoms with Gasteiger partial charge in [0.25, 0.3) is 0 Å². The molecule has 1 aliphatic rings. The Labute approximate surface area is 87.2 Å². The zero-order valence-electron chi connectivity index (χ0n) is 9.12. The van der Waals surface area contributed by atoms with Gasteiger partial charge >= 0.3 is 0 Å². The van der Waals surface area contributed by atoms with Crippen LogP contribution in [0.25, 0.3) is 0 Å². The Balaban J connectivity index is 2.41. The fraction of sp³-hybridized carbons (Fsp3) is 1.00. The van der Waals surface area contributed by atoms with Crippen molar-refractivity contribution in [2.45, 2.75) is 26.7 Å². The van der Waals surface area contributed by atoms with Gasteiger partial charge in [-0.1, -0.05) is 13.8 Å². The van der Waals surface area contributed by atoms with Gasteiger partial charge in [-0.3, -0.25) is 0 Å². The highest BCUT2D eigenvalue weighted by Gasteiger charge is 2.21. The molecule has 0 saturated carbocycles. The molecular formula is C10H21NO2S. The van der Waals surface area contributed by atoms with Crippen LogP contribution < -0.4 is 5.32 Å². The van der Waals surface area contributed by atoms with Crippen LogP contribution in [0.3, 0.4) is 0 Å². The molecule has 3 nitrogen and oxygen atoms in total. The monoisotopic (exact) mass is 219 g/mol. The Kier molecular flexibility index (Phi) is 4.38. The van der Waals surface area contributed by atoms with Gasteiger partial charge in [0.05, 0.1) is 11.5 Å². The van der Waals surface area contributed by atoms with Crippen molar-refractivity contribution in [2.24, 2.45) is 11.8 Å². The third-order valence-corrected chi connectivity index (χ3v) is 4.63. The fourth-order valence-corrected chi connectivity index (χ4v) is 4.16. The van der Waals surface area contributed by atoms with Crippen LogP contribution in [0.4, 0.5) is 0 Å². The second-order valence-electron chi connectivity index (χ2n) is 4.68. The maximum atomic E-state index is 11.7. The molecule has 1 fully saturated rings. The van der Waals surface area contributed by atoms with Crippen molar-refractivity contribution in [1.82, 2.24) is 5.32 Å². The predicted octanol–water partition coefficient (Wildman–Crippen LogP) is 1.06. The highest BCUT2D eigenvalue weighted by molar-refractivity contribution is 7.91. The van der Waals surface area contributed by atoms with E-state index in [9.17, 15) is 8.42 Å². The first-order valence-electron chi connectivity index (χ1n) is 5.41. The van der Waals surface area contributed by atoms with Crippen LogP contribution in [0.1, 0.15) is 26.7 Å². The summed E-state index contributed by atoms with van der Waals surface area (Å²) in [4.78, 5) is 0. The van der Waals surface area contributed by atoms with Gasteiger partial charge in [-0.05, 0) is 37.8 Å². The molecule has 1 rings (SSSR count).